The van der Waals surface area contributed by atoms with Crippen LogP contribution in [-0.4, -0.2) is 23.0 Å². The maximum Gasteiger partial charge on any atom is 0.203 e. The third kappa shape index (κ3) is 2.88. The molecule has 2 N–H and O–H groups in total. The lowest BCUT2D eigenvalue weighted by atomic mass is 10.3. The minimum atomic E-state index is 0.628. The van der Waals surface area contributed by atoms with Gasteiger partial charge in [0.15, 0.2) is 10.3 Å². The molecular formula is C16H13N5S2. The average molecular weight is 339 g/mol. The Morgan fingerprint density at radius 2 is 1.30 bits per heavy atom. The number of thiazole rings is 2. The second-order valence-corrected chi connectivity index (χ2v) is 6.86. The van der Waals surface area contributed by atoms with Crippen LogP contribution in [0, 0.1) is 0 Å². The van der Waals surface area contributed by atoms with Crippen molar-refractivity contribution in [3.05, 3.63) is 48.5 Å². The quantitative estimate of drug-likeness (QED) is 0.419. The first kappa shape index (κ1) is 14.1. The Hall–Kier alpha value is -2.51. The SMILES string of the molecule is CN=C(Nc1nc2ccccc2s1)Nc1nc2ccccc2s1. The molecule has 0 fully saturated rings. The van der Waals surface area contributed by atoms with Crippen molar-refractivity contribution < 1.29 is 0 Å². The van der Waals surface area contributed by atoms with Gasteiger partial charge in [-0.3, -0.25) is 4.99 Å². The molecule has 0 aliphatic carbocycles. The molecule has 2 aromatic heterocycles. The molecule has 7 heteroatoms. The average Bonchev–Trinajstić information content (AvgIpc) is 3.16. The first-order valence-electron chi connectivity index (χ1n) is 7.04. The monoisotopic (exact) mass is 339 g/mol. The predicted molar refractivity (Wildman–Crippen MR) is 99.8 cm³/mol. The highest BCUT2D eigenvalue weighted by Gasteiger charge is 2.08. The van der Waals surface area contributed by atoms with E-state index in [2.05, 4.69) is 37.7 Å². The van der Waals surface area contributed by atoms with Gasteiger partial charge >= 0.3 is 0 Å². The third-order valence-electron chi connectivity index (χ3n) is 3.26. The molecule has 0 amide bonds. The number of rotatable bonds is 2. The van der Waals surface area contributed by atoms with Gasteiger partial charge in [-0.2, -0.15) is 0 Å². The van der Waals surface area contributed by atoms with Gasteiger partial charge in [0.2, 0.25) is 5.96 Å². The number of fused-ring (bicyclic) bond motifs is 2. The van der Waals surface area contributed by atoms with Crippen LogP contribution in [0.15, 0.2) is 53.5 Å². The van der Waals surface area contributed by atoms with Crippen LogP contribution >= 0.6 is 22.7 Å². The van der Waals surface area contributed by atoms with Crippen molar-refractivity contribution in [2.24, 2.45) is 4.99 Å². The molecule has 114 valence electrons. The normalized spacial score (nSPS) is 10.8. The fraction of sp³-hybridized carbons (Fsp3) is 0.0625. The lowest BCUT2D eigenvalue weighted by Crippen LogP contribution is -2.21. The first-order valence-corrected chi connectivity index (χ1v) is 8.67. The van der Waals surface area contributed by atoms with Gasteiger partial charge < -0.3 is 10.6 Å². The summed E-state index contributed by atoms with van der Waals surface area (Å²) in [6.07, 6.45) is 0. The van der Waals surface area contributed by atoms with Crippen molar-refractivity contribution in [3.8, 4) is 0 Å². The molecule has 23 heavy (non-hydrogen) atoms. The number of benzene rings is 2. The summed E-state index contributed by atoms with van der Waals surface area (Å²) < 4.78 is 2.29. The Labute approximate surface area is 140 Å². The van der Waals surface area contributed by atoms with Gasteiger partial charge in [0.05, 0.1) is 20.4 Å². The molecule has 5 nitrogen and oxygen atoms in total. The van der Waals surface area contributed by atoms with E-state index in [0.717, 1.165) is 30.7 Å². The van der Waals surface area contributed by atoms with E-state index in [1.807, 2.05) is 36.4 Å². The van der Waals surface area contributed by atoms with Crippen LogP contribution in [0.4, 0.5) is 10.3 Å². The second-order valence-electron chi connectivity index (χ2n) is 4.80. The van der Waals surface area contributed by atoms with Crippen LogP contribution in [0.5, 0.6) is 0 Å². The maximum absolute atomic E-state index is 4.55. The zero-order valence-corrected chi connectivity index (χ0v) is 13.9. The zero-order valence-electron chi connectivity index (χ0n) is 12.3. The second kappa shape index (κ2) is 5.94. The Morgan fingerprint density at radius 1 is 0.826 bits per heavy atom. The van der Waals surface area contributed by atoms with E-state index in [-0.39, 0.29) is 0 Å². The summed E-state index contributed by atoms with van der Waals surface area (Å²) in [7, 11) is 1.73. The molecule has 0 atom stereocenters. The summed E-state index contributed by atoms with van der Waals surface area (Å²) in [5, 5.41) is 8.06. The maximum atomic E-state index is 4.55. The van der Waals surface area contributed by atoms with E-state index in [4.69, 9.17) is 0 Å². The highest BCUT2D eigenvalue weighted by Crippen LogP contribution is 2.27. The van der Waals surface area contributed by atoms with E-state index in [1.165, 1.54) is 0 Å². The van der Waals surface area contributed by atoms with Gasteiger partial charge in [-0.05, 0) is 24.3 Å². The number of hydrogen-bond acceptors (Lipinski definition) is 5. The molecular weight excluding hydrogens is 326 g/mol. The molecule has 0 saturated carbocycles. The molecule has 0 bridgehead atoms. The van der Waals surface area contributed by atoms with E-state index in [1.54, 1.807) is 29.7 Å². The Morgan fingerprint density at radius 3 is 1.74 bits per heavy atom. The van der Waals surface area contributed by atoms with Crippen LogP contribution in [-0.2, 0) is 0 Å². The van der Waals surface area contributed by atoms with Crippen LogP contribution in [0.2, 0.25) is 0 Å². The molecule has 4 aromatic rings. The predicted octanol–water partition coefficient (Wildman–Crippen LogP) is 4.42. The molecule has 2 aromatic carbocycles. The van der Waals surface area contributed by atoms with Gasteiger partial charge in [0, 0.05) is 7.05 Å². The molecule has 0 unspecified atom stereocenters. The Kier molecular flexibility index (Phi) is 3.64. The molecule has 2 heterocycles. The van der Waals surface area contributed by atoms with Crippen molar-refractivity contribution >= 4 is 59.3 Å². The topological polar surface area (TPSA) is 62.2 Å². The standard InChI is InChI=1S/C16H13N5S2/c1-17-14(20-15-18-10-6-2-4-8-12(10)22-15)21-16-19-11-7-3-5-9-13(11)23-16/h2-9H,1H3,(H2,17,18,19,20,21). The number of guanidine groups is 1. The molecule has 0 spiro atoms. The van der Waals surface area contributed by atoms with E-state index < -0.39 is 0 Å². The van der Waals surface area contributed by atoms with Crippen LogP contribution < -0.4 is 10.6 Å². The van der Waals surface area contributed by atoms with Crippen LogP contribution in [0.25, 0.3) is 20.4 Å². The first-order chi connectivity index (χ1) is 11.3. The fourth-order valence-corrected chi connectivity index (χ4v) is 3.93. The number of aliphatic imine (C=N–C) groups is 1. The smallest absolute Gasteiger partial charge is 0.203 e. The lowest BCUT2D eigenvalue weighted by molar-refractivity contribution is 1.37. The molecule has 0 aliphatic heterocycles. The summed E-state index contributed by atoms with van der Waals surface area (Å²) in [5.74, 6) is 0.628. The summed E-state index contributed by atoms with van der Waals surface area (Å²) >= 11 is 3.19. The van der Waals surface area contributed by atoms with Crippen molar-refractivity contribution in [2.75, 3.05) is 17.7 Å². The highest BCUT2D eigenvalue weighted by molar-refractivity contribution is 7.23. The fourth-order valence-electron chi connectivity index (χ4n) is 2.20. The van der Waals surface area contributed by atoms with Crippen molar-refractivity contribution in [3.63, 3.8) is 0 Å². The summed E-state index contributed by atoms with van der Waals surface area (Å²) in [4.78, 5) is 13.4. The van der Waals surface area contributed by atoms with Crippen molar-refractivity contribution in [1.29, 1.82) is 0 Å². The molecule has 0 radical (unpaired) electrons. The van der Waals surface area contributed by atoms with Crippen molar-refractivity contribution in [1.82, 2.24) is 9.97 Å². The Bertz CT molecular complexity index is 858. The minimum absolute atomic E-state index is 0.628. The number of para-hydroxylation sites is 2. The van der Waals surface area contributed by atoms with Crippen molar-refractivity contribution in [2.45, 2.75) is 0 Å². The van der Waals surface area contributed by atoms with E-state index in [9.17, 15) is 0 Å². The molecule has 0 aliphatic rings. The van der Waals surface area contributed by atoms with E-state index in [0.29, 0.717) is 5.96 Å². The van der Waals surface area contributed by atoms with Gasteiger partial charge in [-0.1, -0.05) is 46.9 Å². The summed E-state index contributed by atoms with van der Waals surface area (Å²) in [6, 6.07) is 16.1. The number of anilines is 2. The van der Waals surface area contributed by atoms with Crippen LogP contribution in [0.1, 0.15) is 0 Å². The summed E-state index contributed by atoms with van der Waals surface area (Å²) in [6.45, 7) is 0. The Balaban J connectivity index is 1.56. The number of aromatic nitrogens is 2. The van der Waals surface area contributed by atoms with E-state index >= 15 is 0 Å². The molecule has 0 saturated heterocycles. The van der Waals surface area contributed by atoms with Gasteiger partial charge in [0.25, 0.3) is 0 Å². The third-order valence-corrected chi connectivity index (χ3v) is 5.17. The van der Waals surface area contributed by atoms with Gasteiger partial charge in [-0.25, -0.2) is 9.97 Å². The highest BCUT2D eigenvalue weighted by atomic mass is 32.1. The summed E-state index contributed by atoms with van der Waals surface area (Å²) in [5.41, 5.74) is 1.96. The minimum Gasteiger partial charge on any atom is -0.302 e. The number of nitrogens with zero attached hydrogens (tertiary/aromatic N) is 3. The number of hydrogen-bond donors (Lipinski definition) is 2. The molecule has 4 rings (SSSR count). The van der Waals surface area contributed by atoms with Gasteiger partial charge in [-0.15, -0.1) is 0 Å². The van der Waals surface area contributed by atoms with Crippen LogP contribution in [0.3, 0.4) is 0 Å². The lowest BCUT2D eigenvalue weighted by Gasteiger charge is -2.06. The zero-order chi connectivity index (χ0) is 15.6. The largest absolute Gasteiger partial charge is 0.302 e. The number of nitrogens with one attached hydrogen (secondary N) is 2. The van der Waals surface area contributed by atoms with Gasteiger partial charge in [0.1, 0.15) is 0 Å².